The molecule has 126 valence electrons. The molecule has 0 radical (unpaired) electrons. The first-order valence-electron chi connectivity index (χ1n) is 7.78. The van der Waals surface area contributed by atoms with E-state index < -0.39 is 10.0 Å². The Morgan fingerprint density at radius 2 is 1.91 bits per heavy atom. The van der Waals surface area contributed by atoms with Crippen molar-refractivity contribution >= 4 is 21.4 Å². The van der Waals surface area contributed by atoms with Gasteiger partial charge in [0.25, 0.3) is 0 Å². The molecule has 6 heteroatoms. The second-order valence-corrected chi connectivity index (χ2v) is 8.41. The summed E-state index contributed by atoms with van der Waals surface area (Å²) in [5, 5.41) is 0. The topological polar surface area (TPSA) is 55.4 Å². The maximum Gasteiger partial charge on any atom is 0.250 e. The average molecular weight is 354 g/mol. The fourth-order valence-corrected chi connectivity index (χ4v) is 4.54. The monoisotopic (exact) mass is 353 g/mol. The van der Waals surface area contributed by atoms with Crippen molar-refractivity contribution < 1.29 is 13.2 Å². The first kappa shape index (κ1) is 18.1. The molecule has 0 fully saturated rings. The van der Waals surface area contributed by atoms with Crippen LogP contribution in [0, 0.1) is 0 Å². The lowest BCUT2D eigenvalue weighted by molar-refractivity contribution is 0.0647. The number of hydrogen-bond acceptors (Lipinski definition) is 4. The second kappa shape index (κ2) is 8.59. The Morgan fingerprint density at radius 3 is 2.57 bits per heavy atom. The van der Waals surface area contributed by atoms with Crippen molar-refractivity contribution in [1.29, 1.82) is 0 Å². The number of ether oxygens (including phenoxy) is 1. The Labute approximate surface area is 142 Å². The smallest absolute Gasteiger partial charge is 0.250 e. The van der Waals surface area contributed by atoms with E-state index in [4.69, 9.17) is 4.74 Å². The van der Waals surface area contributed by atoms with Crippen molar-refractivity contribution in [1.82, 2.24) is 4.72 Å². The number of thiophene rings is 1. The summed E-state index contributed by atoms with van der Waals surface area (Å²) in [5.41, 5.74) is 1.12. The van der Waals surface area contributed by atoms with Crippen molar-refractivity contribution in [3.05, 3.63) is 52.9 Å². The summed E-state index contributed by atoms with van der Waals surface area (Å²) in [6.07, 6.45) is 1.51. The largest absolute Gasteiger partial charge is 0.374 e. The van der Waals surface area contributed by atoms with Gasteiger partial charge in [0.2, 0.25) is 10.0 Å². The standard InChI is InChI=1S/C17H23NO3S2/c1-3-16-10-11-17(22-16)23(19,20)18-12-7-13-21-14(2)15-8-5-4-6-9-15/h4-6,8-11,14,18H,3,7,12-13H2,1-2H3. The fourth-order valence-electron chi connectivity index (χ4n) is 2.12. The van der Waals surface area contributed by atoms with E-state index in [0.717, 1.165) is 16.9 Å². The highest BCUT2D eigenvalue weighted by atomic mass is 32.2. The molecule has 0 bridgehead atoms. The summed E-state index contributed by atoms with van der Waals surface area (Å²) in [5.74, 6) is 0. The zero-order valence-corrected chi connectivity index (χ0v) is 15.1. The summed E-state index contributed by atoms with van der Waals surface area (Å²) in [6, 6.07) is 13.5. The molecule has 1 aromatic carbocycles. The van der Waals surface area contributed by atoms with Crippen LogP contribution >= 0.6 is 11.3 Å². The van der Waals surface area contributed by atoms with Gasteiger partial charge in [0, 0.05) is 18.0 Å². The third kappa shape index (κ3) is 5.42. The Balaban J connectivity index is 1.72. The van der Waals surface area contributed by atoms with Gasteiger partial charge in [-0.3, -0.25) is 0 Å². The van der Waals surface area contributed by atoms with E-state index in [-0.39, 0.29) is 6.10 Å². The quantitative estimate of drug-likeness (QED) is 0.699. The lowest BCUT2D eigenvalue weighted by Crippen LogP contribution is -2.25. The van der Waals surface area contributed by atoms with Gasteiger partial charge in [-0.15, -0.1) is 11.3 Å². The van der Waals surface area contributed by atoms with Gasteiger partial charge in [0.1, 0.15) is 4.21 Å². The Hall–Kier alpha value is -1.21. The van der Waals surface area contributed by atoms with Crippen LogP contribution in [0.25, 0.3) is 0 Å². The number of aryl methyl sites for hydroxylation is 1. The lowest BCUT2D eigenvalue weighted by Gasteiger charge is -2.13. The zero-order chi connectivity index (χ0) is 16.7. The van der Waals surface area contributed by atoms with E-state index in [1.807, 2.05) is 50.2 Å². The predicted octanol–water partition coefficient (Wildman–Crippen LogP) is 3.76. The molecule has 2 rings (SSSR count). The van der Waals surface area contributed by atoms with Crippen molar-refractivity contribution in [2.24, 2.45) is 0 Å². The van der Waals surface area contributed by atoms with E-state index in [1.54, 1.807) is 6.07 Å². The molecule has 1 heterocycles. The zero-order valence-electron chi connectivity index (χ0n) is 13.5. The summed E-state index contributed by atoms with van der Waals surface area (Å²) in [6.45, 7) is 4.91. The van der Waals surface area contributed by atoms with Crippen LogP contribution in [-0.2, 0) is 21.2 Å². The van der Waals surface area contributed by atoms with Crippen LogP contribution in [0.1, 0.15) is 36.8 Å². The third-order valence-electron chi connectivity index (χ3n) is 3.50. The molecule has 0 aliphatic heterocycles. The van der Waals surface area contributed by atoms with Crippen molar-refractivity contribution in [2.45, 2.75) is 37.0 Å². The van der Waals surface area contributed by atoms with Gasteiger partial charge < -0.3 is 4.74 Å². The Kier molecular flexibility index (Phi) is 6.77. The second-order valence-electron chi connectivity index (χ2n) is 5.25. The number of nitrogens with one attached hydrogen (secondary N) is 1. The van der Waals surface area contributed by atoms with Gasteiger partial charge >= 0.3 is 0 Å². The first-order valence-corrected chi connectivity index (χ1v) is 10.1. The maximum atomic E-state index is 12.1. The molecule has 2 aromatic rings. The number of benzene rings is 1. The highest BCUT2D eigenvalue weighted by Crippen LogP contribution is 2.21. The first-order chi connectivity index (χ1) is 11.0. The molecule has 0 saturated carbocycles. The molecule has 1 aromatic heterocycles. The highest BCUT2D eigenvalue weighted by Gasteiger charge is 2.15. The minimum absolute atomic E-state index is 0.0113. The maximum absolute atomic E-state index is 12.1. The van der Waals surface area contributed by atoms with E-state index in [0.29, 0.717) is 23.8 Å². The lowest BCUT2D eigenvalue weighted by atomic mass is 10.1. The van der Waals surface area contributed by atoms with Crippen molar-refractivity contribution in [3.8, 4) is 0 Å². The van der Waals surface area contributed by atoms with Crippen molar-refractivity contribution in [3.63, 3.8) is 0 Å². The highest BCUT2D eigenvalue weighted by molar-refractivity contribution is 7.91. The van der Waals surface area contributed by atoms with Gasteiger partial charge in [0.15, 0.2) is 0 Å². The fraction of sp³-hybridized carbons (Fsp3) is 0.412. The van der Waals surface area contributed by atoms with Gasteiger partial charge in [-0.05, 0) is 37.5 Å². The molecule has 1 unspecified atom stereocenters. The molecule has 0 amide bonds. The molecule has 1 N–H and O–H groups in total. The van der Waals surface area contributed by atoms with Crippen LogP contribution in [0.4, 0.5) is 0 Å². The number of hydrogen-bond donors (Lipinski definition) is 1. The van der Waals surface area contributed by atoms with Crippen LogP contribution in [0.3, 0.4) is 0 Å². The Bertz CT molecular complexity index is 696. The molecular weight excluding hydrogens is 330 g/mol. The number of sulfonamides is 1. The van der Waals surface area contributed by atoms with Crippen LogP contribution in [0.5, 0.6) is 0 Å². The van der Waals surface area contributed by atoms with Crippen LogP contribution in [-0.4, -0.2) is 21.6 Å². The van der Waals surface area contributed by atoms with Gasteiger partial charge in [-0.2, -0.15) is 0 Å². The molecule has 0 spiro atoms. The Morgan fingerprint density at radius 1 is 1.17 bits per heavy atom. The minimum Gasteiger partial charge on any atom is -0.374 e. The van der Waals surface area contributed by atoms with Gasteiger partial charge in [-0.25, -0.2) is 13.1 Å². The summed E-state index contributed by atoms with van der Waals surface area (Å²) >= 11 is 1.32. The summed E-state index contributed by atoms with van der Waals surface area (Å²) < 4.78 is 33.0. The molecule has 23 heavy (non-hydrogen) atoms. The molecule has 4 nitrogen and oxygen atoms in total. The molecule has 0 aliphatic rings. The SMILES string of the molecule is CCc1ccc(S(=O)(=O)NCCCOC(C)c2ccccc2)s1. The molecule has 0 saturated heterocycles. The van der Waals surface area contributed by atoms with E-state index >= 15 is 0 Å². The van der Waals surface area contributed by atoms with Crippen LogP contribution in [0.2, 0.25) is 0 Å². The van der Waals surface area contributed by atoms with Gasteiger partial charge in [-0.1, -0.05) is 37.3 Å². The summed E-state index contributed by atoms with van der Waals surface area (Å²) in [4.78, 5) is 1.07. The predicted molar refractivity (Wildman–Crippen MR) is 94.3 cm³/mol. The van der Waals surface area contributed by atoms with E-state index in [9.17, 15) is 8.42 Å². The van der Waals surface area contributed by atoms with E-state index in [2.05, 4.69) is 4.72 Å². The van der Waals surface area contributed by atoms with E-state index in [1.165, 1.54) is 11.3 Å². The van der Waals surface area contributed by atoms with Gasteiger partial charge in [0.05, 0.1) is 6.10 Å². The number of rotatable bonds is 9. The van der Waals surface area contributed by atoms with Crippen LogP contribution < -0.4 is 4.72 Å². The average Bonchev–Trinajstić information content (AvgIpc) is 3.05. The normalized spacial score (nSPS) is 13.1. The van der Waals surface area contributed by atoms with Crippen molar-refractivity contribution in [2.75, 3.05) is 13.2 Å². The summed E-state index contributed by atoms with van der Waals surface area (Å²) in [7, 11) is -3.39. The molecule has 0 aliphatic carbocycles. The molecular formula is C17H23NO3S2. The van der Waals surface area contributed by atoms with Crippen LogP contribution in [0.15, 0.2) is 46.7 Å². The third-order valence-corrected chi connectivity index (χ3v) is 6.68. The molecule has 1 atom stereocenters. The minimum atomic E-state index is -3.39.